The monoisotopic (exact) mass is 354 g/mol. The van der Waals surface area contributed by atoms with Crippen molar-refractivity contribution in [3.05, 3.63) is 57.8 Å². The highest BCUT2D eigenvalue weighted by Gasteiger charge is 2.10. The summed E-state index contributed by atoms with van der Waals surface area (Å²) in [4.78, 5) is 10.7. The maximum Gasteiger partial charge on any atom is 0.335 e. The van der Waals surface area contributed by atoms with Crippen LogP contribution in [0, 0.1) is 5.82 Å². The summed E-state index contributed by atoms with van der Waals surface area (Å²) >= 11 is 3.35. The summed E-state index contributed by atoms with van der Waals surface area (Å²) in [6.45, 7) is 0.159. The van der Waals surface area contributed by atoms with Crippen LogP contribution in [0.15, 0.2) is 40.9 Å². The lowest BCUT2D eigenvalue weighted by Gasteiger charge is -2.09. The zero-order valence-corrected chi connectivity index (χ0v) is 12.7. The topological polar surface area (TPSA) is 55.8 Å². The largest absolute Gasteiger partial charge is 0.496 e. The van der Waals surface area contributed by atoms with E-state index in [1.54, 1.807) is 19.2 Å². The molecule has 0 aromatic heterocycles. The summed E-state index contributed by atoms with van der Waals surface area (Å²) in [6, 6.07) is 8.91. The van der Waals surface area contributed by atoms with E-state index in [1.807, 2.05) is 6.07 Å². The van der Waals surface area contributed by atoms with E-state index in [9.17, 15) is 9.18 Å². The van der Waals surface area contributed by atoms with Gasteiger partial charge in [0.25, 0.3) is 0 Å². The molecule has 0 unspecified atom stereocenters. The first-order valence-corrected chi connectivity index (χ1v) is 6.78. The molecule has 0 saturated heterocycles. The van der Waals surface area contributed by atoms with E-state index in [0.717, 1.165) is 16.1 Å². The molecule has 2 rings (SSSR count). The second-order valence-electron chi connectivity index (χ2n) is 4.21. The van der Waals surface area contributed by atoms with Gasteiger partial charge in [-0.3, -0.25) is 0 Å². The molecule has 0 spiro atoms. The molecule has 0 aliphatic heterocycles. The van der Waals surface area contributed by atoms with E-state index in [1.165, 1.54) is 12.1 Å². The third kappa shape index (κ3) is 3.72. The predicted molar refractivity (Wildman–Crippen MR) is 78.4 cm³/mol. The number of benzene rings is 2. The summed E-state index contributed by atoms with van der Waals surface area (Å²) in [5, 5.41) is 8.76. The van der Waals surface area contributed by atoms with Crippen LogP contribution in [0.5, 0.6) is 11.5 Å². The van der Waals surface area contributed by atoms with Gasteiger partial charge < -0.3 is 14.6 Å². The fourth-order valence-electron chi connectivity index (χ4n) is 1.71. The summed E-state index contributed by atoms with van der Waals surface area (Å²) in [5.41, 5.74) is 0.705. The molecule has 2 aromatic rings. The Morgan fingerprint density at radius 1 is 1.24 bits per heavy atom. The average Bonchev–Trinajstić information content (AvgIpc) is 2.46. The molecule has 6 heteroatoms. The van der Waals surface area contributed by atoms with Gasteiger partial charge in [-0.1, -0.05) is 6.07 Å². The Kier molecular flexibility index (Phi) is 4.80. The number of carboxylic acids is 1. The first kappa shape index (κ1) is 15.3. The lowest BCUT2D eigenvalue weighted by Crippen LogP contribution is -2.01. The van der Waals surface area contributed by atoms with Gasteiger partial charge in [-0.2, -0.15) is 0 Å². The average molecular weight is 355 g/mol. The van der Waals surface area contributed by atoms with Crippen LogP contribution in [0.25, 0.3) is 0 Å². The van der Waals surface area contributed by atoms with E-state index >= 15 is 0 Å². The lowest BCUT2D eigenvalue weighted by atomic mass is 10.2. The van der Waals surface area contributed by atoms with Crippen molar-refractivity contribution in [2.45, 2.75) is 6.61 Å². The minimum absolute atomic E-state index is 0.00643. The van der Waals surface area contributed by atoms with Gasteiger partial charge >= 0.3 is 5.97 Å². The smallest absolute Gasteiger partial charge is 0.335 e. The number of rotatable bonds is 5. The SMILES string of the molecule is COc1ccc(COc2ccc(C(=O)O)cc2F)cc1Br. The molecule has 0 saturated carbocycles. The van der Waals surface area contributed by atoms with Gasteiger partial charge in [0.2, 0.25) is 0 Å². The van der Waals surface area contributed by atoms with E-state index in [-0.39, 0.29) is 17.9 Å². The van der Waals surface area contributed by atoms with Crippen molar-refractivity contribution in [1.82, 2.24) is 0 Å². The molecule has 0 radical (unpaired) electrons. The van der Waals surface area contributed by atoms with Crippen LogP contribution in [-0.2, 0) is 6.61 Å². The fourth-order valence-corrected chi connectivity index (χ4v) is 2.30. The molecule has 1 N–H and O–H groups in total. The molecule has 110 valence electrons. The second kappa shape index (κ2) is 6.58. The van der Waals surface area contributed by atoms with Gasteiger partial charge in [0.05, 0.1) is 17.1 Å². The van der Waals surface area contributed by atoms with Gasteiger partial charge in [-0.05, 0) is 51.8 Å². The number of carbonyl (C=O) groups is 1. The number of carboxylic acid groups (broad SMARTS) is 1. The maximum absolute atomic E-state index is 13.7. The zero-order valence-electron chi connectivity index (χ0n) is 11.1. The summed E-state index contributed by atoms with van der Waals surface area (Å²) in [5.74, 6) is -1.19. The summed E-state index contributed by atoms with van der Waals surface area (Å²) < 4.78 is 24.9. The van der Waals surface area contributed by atoms with Crippen molar-refractivity contribution in [3.63, 3.8) is 0 Å². The van der Waals surface area contributed by atoms with Crippen LogP contribution in [0.1, 0.15) is 15.9 Å². The molecule has 0 bridgehead atoms. The van der Waals surface area contributed by atoms with Crippen LogP contribution in [0.3, 0.4) is 0 Å². The number of halogens is 2. The zero-order chi connectivity index (χ0) is 15.4. The number of aromatic carboxylic acids is 1. The van der Waals surface area contributed by atoms with E-state index in [4.69, 9.17) is 14.6 Å². The lowest BCUT2D eigenvalue weighted by molar-refractivity contribution is 0.0696. The Balaban J connectivity index is 2.09. The maximum atomic E-state index is 13.7. The number of ether oxygens (including phenoxy) is 2. The van der Waals surface area contributed by atoms with Crippen LogP contribution < -0.4 is 9.47 Å². The Labute approximate surface area is 129 Å². The van der Waals surface area contributed by atoms with Crippen LogP contribution in [0.4, 0.5) is 4.39 Å². The first-order chi connectivity index (χ1) is 10.0. The molecule has 0 fully saturated rings. The molecule has 2 aromatic carbocycles. The van der Waals surface area contributed by atoms with Crippen molar-refractivity contribution in [1.29, 1.82) is 0 Å². The van der Waals surface area contributed by atoms with Crippen molar-refractivity contribution in [2.24, 2.45) is 0 Å². The highest BCUT2D eigenvalue weighted by Crippen LogP contribution is 2.26. The van der Waals surface area contributed by atoms with Crippen LogP contribution >= 0.6 is 15.9 Å². The second-order valence-corrected chi connectivity index (χ2v) is 5.06. The van der Waals surface area contributed by atoms with Crippen LogP contribution in [0.2, 0.25) is 0 Å². The van der Waals surface area contributed by atoms with Gasteiger partial charge in [-0.25, -0.2) is 9.18 Å². The highest BCUT2D eigenvalue weighted by molar-refractivity contribution is 9.10. The minimum atomic E-state index is -1.18. The quantitative estimate of drug-likeness (QED) is 0.885. The highest BCUT2D eigenvalue weighted by atomic mass is 79.9. The Morgan fingerprint density at radius 3 is 2.52 bits per heavy atom. The first-order valence-electron chi connectivity index (χ1n) is 5.99. The van der Waals surface area contributed by atoms with Gasteiger partial charge in [0.15, 0.2) is 11.6 Å². The van der Waals surface area contributed by atoms with Crippen LogP contribution in [-0.4, -0.2) is 18.2 Å². The normalized spacial score (nSPS) is 10.2. The third-order valence-electron chi connectivity index (χ3n) is 2.79. The van der Waals surface area contributed by atoms with Crippen molar-refractivity contribution in [3.8, 4) is 11.5 Å². The van der Waals surface area contributed by atoms with E-state index in [2.05, 4.69) is 15.9 Å². The molecule has 0 aliphatic rings. The minimum Gasteiger partial charge on any atom is -0.496 e. The summed E-state index contributed by atoms with van der Waals surface area (Å²) in [7, 11) is 1.57. The summed E-state index contributed by atoms with van der Waals surface area (Å²) in [6.07, 6.45) is 0. The molecular weight excluding hydrogens is 343 g/mol. The number of methoxy groups -OCH3 is 1. The Hall–Kier alpha value is -2.08. The third-order valence-corrected chi connectivity index (χ3v) is 3.41. The predicted octanol–water partition coefficient (Wildman–Crippen LogP) is 3.87. The molecule has 0 amide bonds. The molecule has 0 aliphatic carbocycles. The Morgan fingerprint density at radius 2 is 1.95 bits per heavy atom. The van der Waals surface area contributed by atoms with Crippen molar-refractivity contribution < 1.29 is 23.8 Å². The molecule has 21 heavy (non-hydrogen) atoms. The standard InChI is InChI=1S/C15H12BrFO4/c1-20-13-4-2-9(6-11(13)16)8-21-14-5-3-10(15(18)19)7-12(14)17/h2-7H,8H2,1H3,(H,18,19). The fraction of sp³-hybridized carbons (Fsp3) is 0.133. The van der Waals surface area contributed by atoms with E-state index in [0.29, 0.717) is 5.75 Å². The van der Waals surface area contributed by atoms with E-state index < -0.39 is 11.8 Å². The molecule has 0 atom stereocenters. The Bertz CT molecular complexity index is 673. The number of hydrogen-bond donors (Lipinski definition) is 1. The number of hydrogen-bond acceptors (Lipinski definition) is 3. The molecule has 4 nitrogen and oxygen atoms in total. The molecule has 0 heterocycles. The van der Waals surface area contributed by atoms with Gasteiger partial charge in [-0.15, -0.1) is 0 Å². The molecular formula is C15H12BrFO4. The van der Waals surface area contributed by atoms with Crippen molar-refractivity contribution in [2.75, 3.05) is 7.11 Å². The van der Waals surface area contributed by atoms with Gasteiger partial charge in [0.1, 0.15) is 12.4 Å². The van der Waals surface area contributed by atoms with Gasteiger partial charge in [0, 0.05) is 0 Å². The van der Waals surface area contributed by atoms with Crippen molar-refractivity contribution >= 4 is 21.9 Å².